The molecule has 14 heavy (non-hydrogen) atoms. The highest BCUT2D eigenvalue weighted by Gasteiger charge is 2.28. The Bertz CT molecular complexity index is 295. The fourth-order valence-electron chi connectivity index (χ4n) is 1.55. The summed E-state index contributed by atoms with van der Waals surface area (Å²) < 4.78 is 6.21. The first-order valence-corrected chi connectivity index (χ1v) is 5.48. The summed E-state index contributed by atoms with van der Waals surface area (Å²) in [6, 6.07) is 4.49. The van der Waals surface area contributed by atoms with Gasteiger partial charge in [0.25, 0.3) is 0 Å². The third-order valence-corrected chi connectivity index (χ3v) is 2.98. The zero-order chi connectivity index (χ0) is 9.97. The maximum atomic E-state index is 5.21. The third kappa shape index (κ3) is 2.25. The van der Waals surface area contributed by atoms with E-state index in [9.17, 15) is 0 Å². The number of hydrogen-bond donors (Lipinski definition) is 1. The molecule has 0 saturated heterocycles. The minimum Gasteiger partial charge on any atom is -0.381 e. The van der Waals surface area contributed by atoms with Gasteiger partial charge in [-0.3, -0.25) is 0 Å². The molecule has 0 unspecified atom stereocenters. The Morgan fingerprint density at radius 3 is 2.86 bits per heavy atom. The second kappa shape index (κ2) is 4.28. The second-order valence-electron chi connectivity index (χ2n) is 3.53. The van der Waals surface area contributed by atoms with E-state index in [0.29, 0.717) is 12.1 Å². The molecule has 0 atom stereocenters. The van der Waals surface area contributed by atoms with Gasteiger partial charge in [0.1, 0.15) is 5.82 Å². The molecule has 0 aromatic carbocycles. The van der Waals surface area contributed by atoms with Crippen LogP contribution in [0.3, 0.4) is 0 Å². The summed E-state index contributed by atoms with van der Waals surface area (Å²) in [5.74, 6) is 0.938. The number of rotatable bonds is 3. The average Bonchev–Trinajstić information content (AvgIpc) is 2.13. The lowest BCUT2D eigenvalue weighted by Crippen LogP contribution is -2.40. The first kappa shape index (κ1) is 9.93. The second-order valence-corrected chi connectivity index (χ2v) is 4.45. The van der Waals surface area contributed by atoms with Crippen LogP contribution in [-0.2, 0) is 4.74 Å². The zero-order valence-electron chi connectivity index (χ0n) is 8.03. The number of anilines is 1. The summed E-state index contributed by atoms with van der Waals surface area (Å²) in [5.41, 5.74) is 0. The number of hydrogen-bond acceptors (Lipinski definition) is 3. The van der Waals surface area contributed by atoms with Crippen LogP contribution in [0.2, 0.25) is 0 Å². The van der Waals surface area contributed by atoms with Gasteiger partial charge in [0.05, 0.1) is 6.10 Å². The van der Waals surface area contributed by atoms with Crippen LogP contribution < -0.4 is 5.32 Å². The van der Waals surface area contributed by atoms with Crippen molar-refractivity contribution in [3.8, 4) is 0 Å². The van der Waals surface area contributed by atoms with Gasteiger partial charge in [0, 0.05) is 23.8 Å². The molecule has 1 aromatic heterocycles. The first-order chi connectivity index (χ1) is 6.78. The number of ether oxygens (including phenoxy) is 1. The first-order valence-electron chi connectivity index (χ1n) is 4.69. The van der Waals surface area contributed by atoms with Crippen LogP contribution in [0.15, 0.2) is 22.8 Å². The molecule has 2 rings (SSSR count). The molecule has 1 aliphatic rings. The van der Waals surface area contributed by atoms with Crippen LogP contribution in [0.25, 0.3) is 0 Å². The minimum absolute atomic E-state index is 0.433. The van der Waals surface area contributed by atoms with Crippen LogP contribution in [-0.4, -0.2) is 24.2 Å². The quantitative estimate of drug-likeness (QED) is 0.903. The maximum Gasteiger partial charge on any atom is 0.126 e. The summed E-state index contributed by atoms with van der Waals surface area (Å²) in [6.07, 6.45) is 4.39. The smallest absolute Gasteiger partial charge is 0.126 e. The Morgan fingerprint density at radius 1 is 1.50 bits per heavy atom. The lowest BCUT2D eigenvalue weighted by molar-refractivity contribution is 0.0328. The molecule has 0 radical (unpaired) electrons. The summed E-state index contributed by atoms with van der Waals surface area (Å²) in [4.78, 5) is 4.25. The molecule has 0 amide bonds. The van der Waals surface area contributed by atoms with E-state index in [1.165, 1.54) is 0 Å². The summed E-state index contributed by atoms with van der Waals surface area (Å²) in [7, 11) is 1.76. The van der Waals surface area contributed by atoms with Crippen molar-refractivity contribution in [3.63, 3.8) is 0 Å². The molecule has 1 saturated carbocycles. The van der Waals surface area contributed by atoms with Crippen molar-refractivity contribution in [1.82, 2.24) is 4.98 Å². The molecular weight excluding hydrogens is 244 g/mol. The molecule has 0 bridgehead atoms. The van der Waals surface area contributed by atoms with Crippen molar-refractivity contribution in [1.29, 1.82) is 0 Å². The lowest BCUT2D eigenvalue weighted by atomic mass is 9.89. The molecule has 1 aliphatic carbocycles. The van der Waals surface area contributed by atoms with Gasteiger partial charge in [-0.2, -0.15) is 0 Å². The molecule has 76 valence electrons. The summed E-state index contributed by atoms with van der Waals surface area (Å²) in [5, 5.41) is 3.36. The van der Waals surface area contributed by atoms with Gasteiger partial charge in [-0.05, 0) is 40.9 Å². The van der Waals surface area contributed by atoms with Gasteiger partial charge in [0.2, 0.25) is 0 Å². The van der Waals surface area contributed by atoms with E-state index in [0.717, 1.165) is 23.1 Å². The molecule has 0 aliphatic heterocycles. The van der Waals surface area contributed by atoms with E-state index >= 15 is 0 Å². The van der Waals surface area contributed by atoms with E-state index in [-0.39, 0.29) is 0 Å². The topological polar surface area (TPSA) is 34.1 Å². The Kier molecular flexibility index (Phi) is 3.03. The zero-order valence-corrected chi connectivity index (χ0v) is 9.62. The van der Waals surface area contributed by atoms with Crippen molar-refractivity contribution < 1.29 is 4.74 Å². The largest absolute Gasteiger partial charge is 0.381 e. The SMILES string of the molecule is COC1CC(Nc2ccc(Br)cn2)C1. The van der Waals surface area contributed by atoms with Crippen molar-refractivity contribution in [2.24, 2.45) is 0 Å². The highest BCUT2D eigenvalue weighted by atomic mass is 79.9. The van der Waals surface area contributed by atoms with Gasteiger partial charge in [-0.1, -0.05) is 0 Å². The number of halogens is 1. The fourth-order valence-corrected chi connectivity index (χ4v) is 1.78. The van der Waals surface area contributed by atoms with E-state index in [1.807, 2.05) is 12.1 Å². The van der Waals surface area contributed by atoms with Gasteiger partial charge in [-0.15, -0.1) is 0 Å². The molecular formula is C10H13BrN2O. The monoisotopic (exact) mass is 256 g/mol. The number of nitrogens with zero attached hydrogens (tertiary/aromatic N) is 1. The lowest BCUT2D eigenvalue weighted by Gasteiger charge is -2.34. The summed E-state index contributed by atoms with van der Waals surface area (Å²) in [6.45, 7) is 0. The van der Waals surface area contributed by atoms with Gasteiger partial charge < -0.3 is 10.1 Å². The maximum absolute atomic E-state index is 5.21. The molecule has 1 N–H and O–H groups in total. The van der Waals surface area contributed by atoms with E-state index in [1.54, 1.807) is 13.3 Å². The highest BCUT2D eigenvalue weighted by Crippen LogP contribution is 2.25. The van der Waals surface area contributed by atoms with Crippen molar-refractivity contribution in [2.45, 2.75) is 25.0 Å². The molecule has 3 nitrogen and oxygen atoms in total. The van der Waals surface area contributed by atoms with Crippen LogP contribution in [0.5, 0.6) is 0 Å². The highest BCUT2D eigenvalue weighted by molar-refractivity contribution is 9.10. The number of methoxy groups -OCH3 is 1. The normalized spacial score (nSPS) is 25.6. The molecule has 1 heterocycles. The predicted molar refractivity (Wildman–Crippen MR) is 59.4 cm³/mol. The Morgan fingerprint density at radius 2 is 2.29 bits per heavy atom. The van der Waals surface area contributed by atoms with Gasteiger partial charge in [-0.25, -0.2) is 4.98 Å². The average molecular weight is 257 g/mol. The Balaban J connectivity index is 1.84. The standard InChI is InChI=1S/C10H13BrN2O/c1-14-9-4-8(5-9)13-10-3-2-7(11)6-12-10/h2-3,6,8-9H,4-5H2,1H3,(H,12,13). The van der Waals surface area contributed by atoms with Crippen LogP contribution >= 0.6 is 15.9 Å². The van der Waals surface area contributed by atoms with E-state index in [4.69, 9.17) is 4.74 Å². The van der Waals surface area contributed by atoms with Crippen LogP contribution in [0.4, 0.5) is 5.82 Å². The number of aromatic nitrogens is 1. The predicted octanol–water partition coefficient (Wildman–Crippen LogP) is 2.43. The van der Waals surface area contributed by atoms with Crippen LogP contribution in [0.1, 0.15) is 12.8 Å². The van der Waals surface area contributed by atoms with Gasteiger partial charge in [0.15, 0.2) is 0 Å². The number of nitrogens with one attached hydrogen (secondary N) is 1. The Labute approximate surface area is 92.0 Å². The van der Waals surface area contributed by atoms with E-state index in [2.05, 4.69) is 26.2 Å². The molecule has 1 fully saturated rings. The van der Waals surface area contributed by atoms with Crippen molar-refractivity contribution in [3.05, 3.63) is 22.8 Å². The molecule has 1 aromatic rings. The molecule has 0 spiro atoms. The third-order valence-electron chi connectivity index (χ3n) is 2.51. The molecule has 4 heteroatoms. The Hall–Kier alpha value is -0.610. The number of pyridine rings is 1. The van der Waals surface area contributed by atoms with Crippen LogP contribution in [0, 0.1) is 0 Å². The van der Waals surface area contributed by atoms with Crippen molar-refractivity contribution in [2.75, 3.05) is 12.4 Å². The fraction of sp³-hybridized carbons (Fsp3) is 0.500. The van der Waals surface area contributed by atoms with Crippen molar-refractivity contribution >= 4 is 21.7 Å². The minimum atomic E-state index is 0.433. The van der Waals surface area contributed by atoms with Gasteiger partial charge >= 0.3 is 0 Å². The summed E-state index contributed by atoms with van der Waals surface area (Å²) >= 11 is 3.35. The van der Waals surface area contributed by atoms with E-state index < -0.39 is 0 Å².